The quantitative estimate of drug-likeness (QED) is 0.770. The third-order valence-electron chi connectivity index (χ3n) is 3.29. The standard InChI is InChI=1S/C16H19FN4O2.ClH/c1-11-10-14(22)15(16(23)19-9-5-8-18-2)20-21(11)13-7-4-3-6-12(13)17;/h3-4,6-7,10,18H,5,8-9H2,1-2H3,(H,19,23);1H. The maximum atomic E-state index is 13.9. The molecule has 0 saturated heterocycles. The van der Waals surface area contributed by atoms with Crippen molar-refractivity contribution in [1.29, 1.82) is 0 Å². The summed E-state index contributed by atoms with van der Waals surface area (Å²) in [4.78, 5) is 24.1. The summed E-state index contributed by atoms with van der Waals surface area (Å²) in [5.41, 5.74) is -0.0921. The monoisotopic (exact) mass is 354 g/mol. The van der Waals surface area contributed by atoms with Gasteiger partial charge in [-0.2, -0.15) is 5.10 Å². The maximum absolute atomic E-state index is 13.9. The number of nitrogens with one attached hydrogen (secondary N) is 2. The van der Waals surface area contributed by atoms with Crippen LogP contribution >= 0.6 is 12.4 Å². The smallest absolute Gasteiger partial charge is 0.275 e. The van der Waals surface area contributed by atoms with Crippen molar-refractivity contribution in [2.75, 3.05) is 20.1 Å². The van der Waals surface area contributed by atoms with Crippen molar-refractivity contribution in [1.82, 2.24) is 20.4 Å². The van der Waals surface area contributed by atoms with Crippen molar-refractivity contribution >= 4 is 18.3 Å². The van der Waals surface area contributed by atoms with Crippen LogP contribution in [0, 0.1) is 12.7 Å². The van der Waals surface area contributed by atoms with Crippen molar-refractivity contribution in [3.8, 4) is 5.69 Å². The van der Waals surface area contributed by atoms with Gasteiger partial charge in [0.05, 0.1) is 0 Å². The zero-order valence-corrected chi connectivity index (χ0v) is 14.3. The molecule has 8 heteroatoms. The van der Waals surface area contributed by atoms with Gasteiger partial charge in [-0.05, 0) is 39.1 Å². The molecule has 0 unspecified atom stereocenters. The van der Waals surface area contributed by atoms with E-state index in [0.29, 0.717) is 12.2 Å². The van der Waals surface area contributed by atoms with Gasteiger partial charge in [0.25, 0.3) is 5.91 Å². The number of nitrogens with zero attached hydrogens (tertiary/aromatic N) is 2. The first-order chi connectivity index (χ1) is 11.0. The van der Waals surface area contributed by atoms with Crippen LogP contribution in [0.3, 0.4) is 0 Å². The van der Waals surface area contributed by atoms with Gasteiger partial charge in [0.1, 0.15) is 11.5 Å². The molecule has 0 aliphatic heterocycles. The van der Waals surface area contributed by atoms with E-state index in [1.165, 1.54) is 22.9 Å². The number of aryl methyl sites for hydroxylation is 1. The lowest BCUT2D eigenvalue weighted by Crippen LogP contribution is -2.33. The van der Waals surface area contributed by atoms with Crippen LogP contribution < -0.4 is 16.1 Å². The number of carbonyl (C=O) groups is 1. The Morgan fingerprint density at radius 2 is 2.00 bits per heavy atom. The molecule has 0 spiro atoms. The third kappa shape index (κ3) is 4.62. The number of para-hydroxylation sites is 1. The van der Waals surface area contributed by atoms with E-state index in [-0.39, 0.29) is 23.8 Å². The second-order valence-electron chi connectivity index (χ2n) is 5.07. The van der Waals surface area contributed by atoms with Crippen LogP contribution in [0.5, 0.6) is 0 Å². The molecule has 2 N–H and O–H groups in total. The highest BCUT2D eigenvalue weighted by molar-refractivity contribution is 5.92. The van der Waals surface area contributed by atoms with Crippen LogP contribution in [-0.2, 0) is 0 Å². The first kappa shape index (κ1) is 19.8. The molecule has 0 aliphatic rings. The first-order valence-electron chi connectivity index (χ1n) is 7.33. The van der Waals surface area contributed by atoms with Crippen molar-refractivity contribution in [3.05, 3.63) is 57.8 Å². The van der Waals surface area contributed by atoms with Gasteiger partial charge in [0.15, 0.2) is 5.69 Å². The summed E-state index contributed by atoms with van der Waals surface area (Å²) >= 11 is 0. The molecule has 1 heterocycles. The van der Waals surface area contributed by atoms with Crippen molar-refractivity contribution in [2.24, 2.45) is 0 Å². The molecule has 1 aromatic heterocycles. The van der Waals surface area contributed by atoms with Crippen LogP contribution in [0.1, 0.15) is 22.6 Å². The van der Waals surface area contributed by atoms with Gasteiger partial charge >= 0.3 is 0 Å². The fourth-order valence-corrected chi connectivity index (χ4v) is 2.12. The van der Waals surface area contributed by atoms with Crippen LogP contribution in [0.2, 0.25) is 0 Å². The zero-order valence-electron chi connectivity index (χ0n) is 13.5. The van der Waals surface area contributed by atoms with E-state index in [1.807, 2.05) is 7.05 Å². The summed E-state index contributed by atoms with van der Waals surface area (Å²) in [6, 6.07) is 7.34. The summed E-state index contributed by atoms with van der Waals surface area (Å²) in [5.74, 6) is -1.04. The molecule has 1 amide bonds. The number of rotatable bonds is 6. The van der Waals surface area contributed by atoms with E-state index >= 15 is 0 Å². The Bertz CT molecular complexity index is 764. The minimum Gasteiger partial charge on any atom is -0.350 e. The van der Waals surface area contributed by atoms with E-state index in [1.54, 1.807) is 19.1 Å². The number of benzene rings is 1. The summed E-state index contributed by atoms with van der Waals surface area (Å²) in [6.45, 7) is 2.81. The molecule has 24 heavy (non-hydrogen) atoms. The maximum Gasteiger partial charge on any atom is 0.275 e. The van der Waals surface area contributed by atoms with E-state index in [4.69, 9.17) is 0 Å². The van der Waals surface area contributed by atoms with Crippen molar-refractivity contribution < 1.29 is 9.18 Å². The molecule has 6 nitrogen and oxygen atoms in total. The fraction of sp³-hybridized carbons (Fsp3) is 0.312. The Hall–Kier alpha value is -2.25. The summed E-state index contributed by atoms with van der Waals surface area (Å²) in [6.07, 6.45) is 0.732. The van der Waals surface area contributed by atoms with E-state index in [0.717, 1.165) is 13.0 Å². The van der Waals surface area contributed by atoms with Gasteiger partial charge in [-0.15, -0.1) is 12.4 Å². The topological polar surface area (TPSA) is 76.0 Å². The van der Waals surface area contributed by atoms with Crippen LogP contribution in [0.4, 0.5) is 4.39 Å². The molecule has 0 saturated carbocycles. The van der Waals surface area contributed by atoms with Gasteiger partial charge in [-0.25, -0.2) is 9.07 Å². The minimum atomic E-state index is -0.559. The lowest BCUT2D eigenvalue weighted by atomic mass is 10.2. The molecular weight excluding hydrogens is 335 g/mol. The zero-order chi connectivity index (χ0) is 16.8. The molecule has 0 atom stereocenters. The Morgan fingerprint density at radius 1 is 1.29 bits per heavy atom. The molecule has 0 radical (unpaired) electrons. The number of carbonyl (C=O) groups excluding carboxylic acids is 1. The second-order valence-corrected chi connectivity index (χ2v) is 5.07. The molecule has 1 aromatic carbocycles. The van der Waals surface area contributed by atoms with Gasteiger partial charge in [0.2, 0.25) is 5.43 Å². The lowest BCUT2D eigenvalue weighted by molar-refractivity contribution is 0.0945. The van der Waals surface area contributed by atoms with Crippen molar-refractivity contribution in [2.45, 2.75) is 13.3 Å². The highest BCUT2D eigenvalue weighted by Crippen LogP contribution is 2.12. The number of hydrogen-bond donors (Lipinski definition) is 2. The Balaban J connectivity index is 0.00000288. The average Bonchev–Trinajstić information content (AvgIpc) is 2.52. The van der Waals surface area contributed by atoms with Gasteiger partial charge in [-0.3, -0.25) is 9.59 Å². The molecule has 2 rings (SSSR count). The van der Waals surface area contributed by atoms with Crippen molar-refractivity contribution in [3.63, 3.8) is 0 Å². The lowest BCUT2D eigenvalue weighted by Gasteiger charge is -2.12. The molecule has 130 valence electrons. The number of halogens is 2. The Labute approximate surface area is 145 Å². The summed E-state index contributed by atoms with van der Waals surface area (Å²) in [5, 5.41) is 9.64. The van der Waals surface area contributed by atoms with Gasteiger partial charge in [-0.1, -0.05) is 12.1 Å². The van der Waals surface area contributed by atoms with Crippen LogP contribution in [0.15, 0.2) is 35.1 Å². The van der Waals surface area contributed by atoms with Crippen LogP contribution in [-0.4, -0.2) is 35.8 Å². The average molecular weight is 355 g/mol. The van der Waals surface area contributed by atoms with E-state index in [2.05, 4.69) is 15.7 Å². The Kier molecular flexibility index (Phi) is 7.54. The molecule has 0 bridgehead atoms. The minimum absolute atomic E-state index is 0. The summed E-state index contributed by atoms with van der Waals surface area (Å²) in [7, 11) is 1.82. The second kappa shape index (κ2) is 9.14. The predicted molar refractivity (Wildman–Crippen MR) is 92.7 cm³/mol. The van der Waals surface area contributed by atoms with Gasteiger partial charge in [0, 0.05) is 18.3 Å². The highest BCUT2D eigenvalue weighted by Gasteiger charge is 2.16. The van der Waals surface area contributed by atoms with Gasteiger partial charge < -0.3 is 10.6 Å². The molecule has 0 aliphatic carbocycles. The highest BCUT2D eigenvalue weighted by atomic mass is 35.5. The largest absolute Gasteiger partial charge is 0.350 e. The third-order valence-corrected chi connectivity index (χ3v) is 3.29. The first-order valence-corrected chi connectivity index (χ1v) is 7.33. The molecular formula is C16H20ClFN4O2. The van der Waals surface area contributed by atoms with E-state index < -0.39 is 17.2 Å². The van der Waals surface area contributed by atoms with Crippen LogP contribution in [0.25, 0.3) is 5.69 Å². The fourth-order valence-electron chi connectivity index (χ4n) is 2.12. The summed E-state index contributed by atoms with van der Waals surface area (Å²) < 4.78 is 15.2. The predicted octanol–water partition coefficient (Wildman–Crippen LogP) is 1.44. The normalized spacial score (nSPS) is 10.1. The number of amides is 1. The SMILES string of the molecule is CNCCCNC(=O)c1nn(-c2ccccc2F)c(C)cc1=O.Cl. The molecule has 0 fully saturated rings. The molecule has 2 aromatic rings. The number of aromatic nitrogens is 2. The Morgan fingerprint density at radius 3 is 2.67 bits per heavy atom. The number of hydrogen-bond acceptors (Lipinski definition) is 4. The van der Waals surface area contributed by atoms with E-state index in [9.17, 15) is 14.0 Å².